The molecule has 0 saturated carbocycles. The largest absolute Gasteiger partial charge is 0.507 e. The number of non-ortho nitro benzene ring substituents is 1. The third-order valence-corrected chi connectivity index (χ3v) is 5.17. The predicted octanol–water partition coefficient (Wildman–Crippen LogP) is 3.16. The van der Waals surface area contributed by atoms with E-state index in [1.807, 2.05) is 17.0 Å². The summed E-state index contributed by atoms with van der Waals surface area (Å²) in [7, 11) is -4.10. The summed E-state index contributed by atoms with van der Waals surface area (Å²) in [6.07, 6.45) is 0. The van der Waals surface area contributed by atoms with Crippen LogP contribution in [-0.2, 0) is 10.0 Å². The van der Waals surface area contributed by atoms with Gasteiger partial charge in [0.1, 0.15) is 5.75 Å². The van der Waals surface area contributed by atoms with Crippen LogP contribution < -0.4 is 4.83 Å². The molecule has 8 nitrogen and oxygen atoms in total. The summed E-state index contributed by atoms with van der Waals surface area (Å²) in [6, 6.07) is 15.3. The number of sulfonamides is 1. The summed E-state index contributed by atoms with van der Waals surface area (Å²) in [5.41, 5.74) is 0.272. The summed E-state index contributed by atoms with van der Waals surface area (Å²) in [6.45, 7) is 1.54. The first-order chi connectivity index (χ1) is 12.8. The quantitative estimate of drug-likeness (QED) is 0.397. The van der Waals surface area contributed by atoms with Gasteiger partial charge in [-0.15, -0.1) is 0 Å². The van der Waals surface area contributed by atoms with Crippen LogP contribution in [0.25, 0.3) is 10.8 Å². The Labute approximate surface area is 155 Å². The van der Waals surface area contributed by atoms with E-state index in [0.29, 0.717) is 10.9 Å². The monoisotopic (exact) mass is 385 g/mol. The molecule has 2 N–H and O–H groups in total. The lowest BCUT2D eigenvalue weighted by molar-refractivity contribution is -0.385. The van der Waals surface area contributed by atoms with Crippen LogP contribution >= 0.6 is 0 Å². The summed E-state index contributed by atoms with van der Waals surface area (Å²) in [5, 5.41) is 26.5. The van der Waals surface area contributed by atoms with E-state index in [9.17, 15) is 23.6 Å². The third kappa shape index (κ3) is 3.72. The molecule has 138 valence electrons. The number of fused-ring (bicyclic) bond motifs is 1. The number of nitro benzene ring substituents is 1. The number of rotatable bonds is 5. The zero-order valence-corrected chi connectivity index (χ0v) is 15.0. The number of hydrogen-bond acceptors (Lipinski definition) is 6. The topological polar surface area (TPSA) is 122 Å². The van der Waals surface area contributed by atoms with Gasteiger partial charge in [0.15, 0.2) is 0 Å². The van der Waals surface area contributed by atoms with E-state index in [0.717, 1.165) is 11.5 Å². The molecule has 0 saturated heterocycles. The van der Waals surface area contributed by atoms with Gasteiger partial charge in [-0.3, -0.25) is 10.1 Å². The van der Waals surface area contributed by atoms with Gasteiger partial charge in [0, 0.05) is 23.1 Å². The lowest BCUT2D eigenvalue weighted by Crippen LogP contribution is -2.20. The maximum Gasteiger partial charge on any atom is 0.276 e. The first-order valence-electron chi connectivity index (χ1n) is 7.81. The van der Waals surface area contributed by atoms with Crippen molar-refractivity contribution in [2.75, 3.05) is 0 Å². The molecular weight excluding hydrogens is 370 g/mol. The Kier molecular flexibility index (Phi) is 4.78. The molecular formula is C18H15N3O5S. The second kappa shape index (κ2) is 7.04. The van der Waals surface area contributed by atoms with Crippen LogP contribution in [0.2, 0.25) is 0 Å². The van der Waals surface area contributed by atoms with E-state index in [4.69, 9.17) is 0 Å². The van der Waals surface area contributed by atoms with Crippen molar-refractivity contribution < 1.29 is 18.4 Å². The van der Waals surface area contributed by atoms with Gasteiger partial charge >= 0.3 is 0 Å². The fourth-order valence-corrected chi connectivity index (χ4v) is 3.45. The molecule has 0 aliphatic rings. The van der Waals surface area contributed by atoms with Crippen LogP contribution in [0.15, 0.2) is 70.7 Å². The molecule has 3 aromatic rings. The SMILES string of the molecule is C/C(=N/NS(=O)(=O)c1cccc([N+](=O)[O-])c1)c1ccc2ccccc2c1O. The summed E-state index contributed by atoms with van der Waals surface area (Å²) >= 11 is 0. The highest BCUT2D eigenvalue weighted by Gasteiger charge is 2.17. The minimum absolute atomic E-state index is 0.0103. The molecule has 3 aromatic carbocycles. The number of nitrogens with zero attached hydrogens (tertiary/aromatic N) is 2. The number of phenols is 1. The van der Waals surface area contributed by atoms with Crippen molar-refractivity contribution >= 4 is 32.2 Å². The van der Waals surface area contributed by atoms with Crippen LogP contribution in [0.1, 0.15) is 12.5 Å². The highest BCUT2D eigenvalue weighted by atomic mass is 32.2. The minimum atomic E-state index is -4.10. The van der Waals surface area contributed by atoms with Crippen molar-refractivity contribution in [2.45, 2.75) is 11.8 Å². The predicted molar refractivity (Wildman–Crippen MR) is 101 cm³/mol. The Hall–Kier alpha value is -3.46. The molecule has 0 atom stereocenters. The number of hydrazone groups is 1. The van der Waals surface area contributed by atoms with Gasteiger partial charge in [-0.1, -0.05) is 36.4 Å². The van der Waals surface area contributed by atoms with Gasteiger partial charge < -0.3 is 5.11 Å². The molecule has 0 aliphatic carbocycles. The second-order valence-corrected chi connectivity index (χ2v) is 7.39. The summed E-state index contributed by atoms with van der Waals surface area (Å²) < 4.78 is 24.7. The zero-order chi connectivity index (χ0) is 19.6. The summed E-state index contributed by atoms with van der Waals surface area (Å²) in [5.74, 6) is -0.0103. The van der Waals surface area contributed by atoms with Crippen LogP contribution in [0, 0.1) is 10.1 Å². The van der Waals surface area contributed by atoms with E-state index in [1.54, 1.807) is 31.2 Å². The van der Waals surface area contributed by atoms with Gasteiger partial charge in [-0.05, 0) is 24.4 Å². The van der Waals surface area contributed by atoms with E-state index < -0.39 is 14.9 Å². The number of phenolic OH excluding ortho intramolecular Hbond substituents is 1. The number of nitrogens with one attached hydrogen (secondary N) is 1. The molecule has 3 rings (SSSR count). The fourth-order valence-electron chi connectivity index (χ4n) is 2.55. The maximum absolute atomic E-state index is 12.3. The van der Waals surface area contributed by atoms with Gasteiger partial charge in [0.2, 0.25) is 0 Å². The van der Waals surface area contributed by atoms with Gasteiger partial charge in [-0.25, -0.2) is 0 Å². The Morgan fingerprint density at radius 1 is 1.11 bits per heavy atom. The van der Waals surface area contributed by atoms with Crippen molar-refractivity contribution in [2.24, 2.45) is 5.10 Å². The minimum Gasteiger partial charge on any atom is -0.507 e. The molecule has 0 bridgehead atoms. The number of aromatic hydroxyl groups is 1. The average molecular weight is 385 g/mol. The molecule has 0 radical (unpaired) electrons. The number of nitro groups is 1. The van der Waals surface area contributed by atoms with Gasteiger partial charge in [0.05, 0.1) is 15.5 Å². The number of benzene rings is 3. The Morgan fingerprint density at radius 2 is 1.85 bits per heavy atom. The van der Waals surface area contributed by atoms with E-state index >= 15 is 0 Å². The molecule has 0 heterocycles. The Balaban J connectivity index is 1.92. The van der Waals surface area contributed by atoms with Crippen molar-refractivity contribution in [3.63, 3.8) is 0 Å². The van der Waals surface area contributed by atoms with Crippen LogP contribution in [0.3, 0.4) is 0 Å². The number of hydrogen-bond donors (Lipinski definition) is 2. The van der Waals surface area contributed by atoms with Gasteiger partial charge in [-0.2, -0.15) is 18.4 Å². The van der Waals surface area contributed by atoms with Crippen LogP contribution in [0.5, 0.6) is 5.75 Å². The second-order valence-electron chi connectivity index (χ2n) is 5.73. The molecule has 27 heavy (non-hydrogen) atoms. The Morgan fingerprint density at radius 3 is 2.59 bits per heavy atom. The average Bonchev–Trinajstić information content (AvgIpc) is 2.67. The standard InChI is InChI=1S/C18H15N3O5S/c1-12(16-10-9-13-5-2-3-8-17(13)18(16)22)19-20-27(25,26)15-7-4-6-14(11-15)21(23)24/h2-11,20,22H,1H3/b19-12-. The van der Waals surface area contributed by atoms with Crippen molar-refractivity contribution in [3.8, 4) is 5.75 Å². The molecule has 0 spiro atoms. The normalized spacial score (nSPS) is 12.1. The van der Waals surface area contributed by atoms with Crippen LogP contribution in [-0.4, -0.2) is 24.2 Å². The Bertz CT molecular complexity index is 1170. The molecule has 0 aromatic heterocycles. The molecule has 9 heteroatoms. The molecule has 0 aliphatic heterocycles. The van der Waals surface area contributed by atoms with Crippen molar-refractivity contribution in [3.05, 3.63) is 76.3 Å². The third-order valence-electron chi connectivity index (χ3n) is 3.96. The first kappa shape index (κ1) is 18.3. The fraction of sp³-hybridized carbons (Fsp3) is 0.0556. The maximum atomic E-state index is 12.3. The molecule has 0 amide bonds. The smallest absolute Gasteiger partial charge is 0.276 e. The summed E-state index contributed by atoms with van der Waals surface area (Å²) in [4.78, 5) is 11.9. The molecule has 0 fully saturated rings. The highest BCUT2D eigenvalue weighted by molar-refractivity contribution is 7.89. The zero-order valence-electron chi connectivity index (χ0n) is 14.2. The van der Waals surface area contributed by atoms with Crippen molar-refractivity contribution in [1.29, 1.82) is 0 Å². The van der Waals surface area contributed by atoms with E-state index in [1.165, 1.54) is 18.2 Å². The van der Waals surface area contributed by atoms with Crippen LogP contribution in [0.4, 0.5) is 5.69 Å². The molecule has 0 unspecified atom stereocenters. The van der Waals surface area contributed by atoms with Crippen molar-refractivity contribution in [1.82, 2.24) is 4.83 Å². The lowest BCUT2D eigenvalue weighted by Gasteiger charge is -2.09. The first-order valence-corrected chi connectivity index (χ1v) is 9.29. The van der Waals surface area contributed by atoms with E-state index in [-0.39, 0.29) is 22.0 Å². The highest BCUT2D eigenvalue weighted by Crippen LogP contribution is 2.29. The lowest BCUT2D eigenvalue weighted by atomic mass is 10.0. The van der Waals surface area contributed by atoms with Gasteiger partial charge in [0.25, 0.3) is 15.7 Å². The van der Waals surface area contributed by atoms with E-state index in [2.05, 4.69) is 5.10 Å².